The zero-order valence-electron chi connectivity index (χ0n) is 7.66. The first-order valence-corrected chi connectivity index (χ1v) is 5.63. The SMILES string of the molecule is O=C(NCc1ccco1)[C@H]1CSCN1. The highest BCUT2D eigenvalue weighted by Gasteiger charge is 2.21. The van der Waals surface area contributed by atoms with Gasteiger partial charge in [0.15, 0.2) is 0 Å². The molecule has 1 atom stereocenters. The summed E-state index contributed by atoms with van der Waals surface area (Å²) in [6.07, 6.45) is 1.60. The second-order valence-electron chi connectivity index (χ2n) is 3.07. The number of hydrogen-bond acceptors (Lipinski definition) is 4. The van der Waals surface area contributed by atoms with E-state index in [1.165, 1.54) is 0 Å². The summed E-state index contributed by atoms with van der Waals surface area (Å²) in [4.78, 5) is 11.5. The van der Waals surface area contributed by atoms with Crippen LogP contribution in [0.3, 0.4) is 0 Å². The van der Waals surface area contributed by atoms with Crippen molar-refractivity contribution in [2.45, 2.75) is 12.6 Å². The van der Waals surface area contributed by atoms with E-state index < -0.39 is 0 Å². The van der Waals surface area contributed by atoms with E-state index in [1.54, 1.807) is 18.0 Å². The van der Waals surface area contributed by atoms with Crippen LogP contribution in [0.15, 0.2) is 22.8 Å². The van der Waals surface area contributed by atoms with E-state index in [2.05, 4.69) is 10.6 Å². The fourth-order valence-corrected chi connectivity index (χ4v) is 2.22. The Morgan fingerprint density at radius 3 is 3.36 bits per heavy atom. The summed E-state index contributed by atoms with van der Waals surface area (Å²) in [6, 6.07) is 3.61. The first-order chi connectivity index (χ1) is 6.86. The third-order valence-electron chi connectivity index (χ3n) is 2.05. The molecule has 1 aromatic rings. The number of hydrogen-bond donors (Lipinski definition) is 2. The molecule has 5 heteroatoms. The molecule has 14 heavy (non-hydrogen) atoms. The number of carbonyl (C=O) groups is 1. The Morgan fingerprint density at radius 2 is 2.71 bits per heavy atom. The molecule has 2 N–H and O–H groups in total. The molecule has 76 valence electrons. The van der Waals surface area contributed by atoms with Gasteiger partial charge in [-0.3, -0.25) is 10.1 Å². The minimum absolute atomic E-state index is 0.0463. The molecule has 1 fully saturated rings. The van der Waals surface area contributed by atoms with Crippen LogP contribution in [0.2, 0.25) is 0 Å². The van der Waals surface area contributed by atoms with Gasteiger partial charge in [0.25, 0.3) is 0 Å². The van der Waals surface area contributed by atoms with Crippen LogP contribution in [0.5, 0.6) is 0 Å². The Hall–Kier alpha value is -0.940. The zero-order valence-corrected chi connectivity index (χ0v) is 8.47. The number of furan rings is 1. The van der Waals surface area contributed by atoms with Crippen molar-refractivity contribution in [3.63, 3.8) is 0 Å². The Labute approximate surface area is 86.4 Å². The van der Waals surface area contributed by atoms with Crippen LogP contribution in [0, 0.1) is 0 Å². The molecular formula is C9H12N2O2S. The topological polar surface area (TPSA) is 54.3 Å². The van der Waals surface area contributed by atoms with Crippen molar-refractivity contribution < 1.29 is 9.21 Å². The predicted octanol–water partition coefficient (Wildman–Crippen LogP) is 0.558. The van der Waals surface area contributed by atoms with Crippen molar-refractivity contribution >= 4 is 17.7 Å². The van der Waals surface area contributed by atoms with Crippen LogP contribution in [0.4, 0.5) is 0 Å². The largest absolute Gasteiger partial charge is 0.467 e. The summed E-state index contributed by atoms with van der Waals surface area (Å²) < 4.78 is 5.11. The number of rotatable bonds is 3. The van der Waals surface area contributed by atoms with Gasteiger partial charge in [-0.15, -0.1) is 11.8 Å². The van der Waals surface area contributed by atoms with Crippen LogP contribution in [0.1, 0.15) is 5.76 Å². The van der Waals surface area contributed by atoms with Gasteiger partial charge in [-0.1, -0.05) is 0 Å². The lowest BCUT2D eigenvalue weighted by molar-refractivity contribution is -0.122. The van der Waals surface area contributed by atoms with Crippen LogP contribution in [-0.4, -0.2) is 23.6 Å². The summed E-state index contributed by atoms with van der Waals surface area (Å²) in [5, 5.41) is 5.93. The summed E-state index contributed by atoms with van der Waals surface area (Å²) in [6.45, 7) is 0.467. The smallest absolute Gasteiger partial charge is 0.238 e. The lowest BCUT2D eigenvalue weighted by atomic mass is 10.3. The Kier molecular flexibility index (Phi) is 3.10. The summed E-state index contributed by atoms with van der Waals surface area (Å²) in [5.41, 5.74) is 0. The molecule has 1 aliphatic heterocycles. The normalized spacial score (nSPS) is 21.0. The number of thioether (sulfide) groups is 1. The summed E-state index contributed by atoms with van der Waals surface area (Å²) in [5.74, 6) is 2.54. The van der Waals surface area contributed by atoms with Crippen LogP contribution >= 0.6 is 11.8 Å². The van der Waals surface area contributed by atoms with E-state index >= 15 is 0 Å². The predicted molar refractivity (Wildman–Crippen MR) is 54.8 cm³/mol. The molecule has 0 bridgehead atoms. The molecule has 2 heterocycles. The third-order valence-corrected chi connectivity index (χ3v) is 2.99. The molecule has 0 spiro atoms. The maximum Gasteiger partial charge on any atom is 0.238 e. The van der Waals surface area contributed by atoms with Crippen molar-refractivity contribution in [1.82, 2.24) is 10.6 Å². The van der Waals surface area contributed by atoms with Gasteiger partial charge in [0, 0.05) is 11.6 Å². The maximum atomic E-state index is 11.5. The first kappa shape index (κ1) is 9.61. The van der Waals surface area contributed by atoms with E-state index in [9.17, 15) is 4.79 Å². The van der Waals surface area contributed by atoms with E-state index in [-0.39, 0.29) is 11.9 Å². The number of carbonyl (C=O) groups excluding carboxylic acids is 1. The lowest BCUT2D eigenvalue weighted by Crippen LogP contribution is -2.41. The molecule has 0 aromatic carbocycles. The number of nitrogens with one attached hydrogen (secondary N) is 2. The van der Waals surface area contributed by atoms with Gasteiger partial charge in [0.1, 0.15) is 5.76 Å². The second-order valence-corrected chi connectivity index (χ2v) is 4.10. The van der Waals surface area contributed by atoms with Crippen molar-refractivity contribution in [2.24, 2.45) is 0 Å². The minimum Gasteiger partial charge on any atom is -0.467 e. The highest BCUT2D eigenvalue weighted by Crippen LogP contribution is 2.09. The fourth-order valence-electron chi connectivity index (χ4n) is 1.27. The summed E-state index contributed by atoms with van der Waals surface area (Å²) in [7, 11) is 0. The van der Waals surface area contributed by atoms with Gasteiger partial charge < -0.3 is 9.73 Å². The average Bonchev–Trinajstić information content (AvgIpc) is 2.87. The van der Waals surface area contributed by atoms with Crippen molar-refractivity contribution in [1.29, 1.82) is 0 Å². The monoisotopic (exact) mass is 212 g/mol. The lowest BCUT2D eigenvalue weighted by Gasteiger charge is -2.08. The molecule has 4 nitrogen and oxygen atoms in total. The van der Waals surface area contributed by atoms with E-state index in [0.29, 0.717) is 6.54 Å². The summed E-state index contributed by atoms with van der Waals surface area (Å²) >= 11 is 1.74. The molecule has 0 aliphatic carbocycles. The van der Waals surface area contributed by atoms with Gasteiger partial charge in [0.2, 0.25) is 5.91 Å². The average molecular weight is 212 g/mol. The molecule has 0 saturated carbocycles. The molecule has 2 rings (SSSR count). The second kappa shape index (κ2) is 4.52. The van der Waals surface area contributed by atoms with E-state index in [4.69, 9.17) is 4.42 Å². The standard InChI is InChI=1S/C9H12N2O2S/c12-9(8-5-14-6-11-8)10-4-7-2-1-3-13-7/h1-3,8,11H,4-6H2,(H,10,12)/t8-/m1/s1. The van der Waals surface area contributed by atoms with Gasteiger partial charge in [-0.25, -0.2) is 0 Å². The maximum absolute atomic E-state index is 11.5. The van der Waals surface area contributed by atoms with Crippen molar-refractivity contribution in [3.05, 3.63) is 24.2 Å². The van der Waals surface area contributed by atoms with Crippen LogP contribution in [0.25, 0.3) is 0 Å². The van der Waals surface area contributed by atoms with Gasteiger partial charge in [0.05, 0.1) is 18.8 Å². The highest BCUT2D eigenvalue weighted by molar-refractivity contribution is 7.99. The van der Waals surface area contributed by atoms with E-state index in [1.807, 2.05) is 12.1 Å². The Bertz CT molecular complexity index is 294. The molecular weight excluding hydrogens is 200 g/mol. The van der Waals surface area contributed by atoms with Gasteiger partial charge in [-0.2, -0.15) is 0 Å². The number of amides is 1. The van der Waals surface area contributed by atoms with E-state index in [0.717, 1.165) is 17.4 Å². The van der Waals surface area contributed by atoms with Crippen LogP contribution in [-0.2, 0) is 11.3 Å². The fraction of sp³-hybridized carbons (Fsp3) is 0.444. The molecule has 1 aromatic heterocycles. The molecule has 0 radical (unpaired) electrons. The third kappa shape index (κ3) is 2.30. The Morgan fingerprint density at radius 1 is 1.79 bits per heavy atom. The van der Waals surface area contributed by atoms with Crippen LogP contribution < -0.4 is 10.6 Å². The van der Waals surface area contributed by atoms with Crippen molar-refractivity contribution in [3.8, 4) is 0 Å². The molecule has 0 unspecified atom stereocenters. The molecule has 1 amide bonds. The highest BCUT2D eigenvalue weighted by atomic mass is 32.2. The minimum atomic E-state index is -0.0463. The van der Waals surface area contributed by atoms with Crippen molar-refractivity contribution in [2.75, 3.05) is 11.6 Å². The zero-order chi connectivity index (χ0) is 9.80. The molecule has 1 aliphatic rings. The first-order valence-electron chi connectivity index (χ1n) is 4.47. The Balaban J connectivity index is 1.77. The van der Waals surface area contributed by atoms with Gasteiger partial charge >= 0.3 is 0 Å². The molecule has 1 saturated heterocycles. The quantitative estimate of drug-likeness (QED) is 0.768. The van der Waals surface area contributed by atoms with Gasteiger partial charge in [-0.05, 0) is 12.1 Å².